The summed E-state index contributed by atoms with van der Waals surface area (Å²) in [5.41, 5.74) is 1.19. The second kappa shape index (κ2) is 14.2. The number of carbonyl (C=O) groups is 2. The van der Waals surface area contributed by atoms with Crippen molar-refractivity contribution in [1.82, 2.24) is 10.2 Å². The molecule has 0 spiro atoms. The van der Waals surface area contributed by atoms with Gasteiger partial charge in [-0.25, -0.2) is 9.79 Å². The molecule has 0 aromatic rings. The average molecular weight is 408 g/mol. The van der Waals surface area contributed by atoms with Crippen molar-refractivity contribution >= 4 is 40.7 Å². The molecule has 8 heteroatoms. The molecule has 0 aliphatic carbocycles. The standard InChI is InChI=1S/C20H33N5O2S/c1-5-7-10-22-19(21-4)17-8-12-25(13-9-17)14-11-23-20(27)24-16(3)28-15-18(26)6-2/h8,10H,5-7,9,11-15H2,1-4H3,(H,23,27)/b21-19?,22-10?,24-16-. The number of nitrogens with zero attached hydrogens (tertiary/aromatic N) is 4. The number of rotatable bonds is 9. The van der Waals surface area contributed by atoms with Gasteiger partial charge in [-0.1, -0.05) is 26.3 Å². The Kier molecular flexibility index (Phi) is 12.3. The number of nitrogens with one attached hydrogen (secondary N) is 1. The first-order valence-corrected chi connectivity index (χ1v) is 10.9. The minimum atomic E-state index is -0.354. The van der Waals surface area contributed by atoms with Crippen LogP contribution in [0.2, 0.25) is 0 Å². The molecule has 1 heterocycles. The van der Waals surface area contributed by atoms with Crippen LogP contribution in [0.5, 0.6) is 0 Å². The predicted octanol–water partition coefficient (Wildman–Crippen LogP) is 3.36. The number of amides is 2. The molecular weight excluding hydrogens is 374 g/mol. The van der Waals surface area contributed by atoms with Gasteiger partial charge in [-0.05, 0) is 25.3 Å². The lowest BCUT2D eigenvalue weighted by Crippen LogP contribution is -2.37. The summed E-state index contributed by atoms with van der Waals surface area (Å²) in [6, 6.07) is -0.354. The fourth-order valence-corrected chi connectivity index (χ4v) is 3.23. The Morgan fingerprint density at radius 1 is 1.36 bits per heavy atom. The molecule has 0 aromatic heterocycles. The predicted molar refractivity (Wildman–Crippen MR) is 120 cm³/mol. The van der Waals surface area contributed by atoms with Crippen LogP contribution in [-0.4, -0.2) is 72.8 Å². The van der Waals surface area contributed by atoms with Gasteiger partial charge in [-0.3, -0.25) is 14.7 Å². The quantitative estimate of drug-likeness (QED) is 0.469. The smallest absolute Gasteiger partial charge is 0.335 e. The summed E-state index contributed by atoms with van der Waals surface area (Å²) < 4.78 is 0. The van der Waals surface area contributed by atoms with E-state index >= 15 is 0 Å². The minimum absolute atomic E-state index is 0.157. The van der Waals surface area contributed by atoms with Crippen LogP contribution < -0.4 is 5.32 Å². The molecule has 0 fully saturated rings. The minimum Gasteiger partial charge on any atom is -0.335 e. The molecule has 0 bridgehead atoms. The van der Waals surface area contributed by atoms with E-state index in [9.17, 15) is 9.59 Å². The van der Waals surface area contributed by atoms with Gasteiger partial charge in [-0.15, -0.1) is 11.8 Å². The number of amidine groups is 1. The van der Waals surface area contributed by atoms with E-state index in [1.807, 2.05) is 13.1 Å². The molecule has 2 amide bonds. The van der Waals surface area contributed by atoms with Gasteiger partial charge in [0.2, 0.25) is 0 Å². The van der Waals surface area contributed by atoms with Crippen LogP contribution in [0.3, 0.4) is 0 Å². The van der Waals surface area contributed by atoms with Crippen LogP contribution in [0.1, 0.15) is 46.5 Å². The summed E-state index contributed by atoms with van der Waals surface area (Å²) >= 11 is 1.31. The lowest BCUT2D eigenvalue weighted by Gasteiger charge is -2.25. The van der Waals surface area contributed by atoms with Gasteiger partial charge < -0.3 is 5.32 Å². The highest BCUT2D eigenvalue weighted by Gasteiger charge is 2.14. The number of hydrogen-bond donors (Lipinski definition) is 1. The van der Waals surface area contributed by atoms with Gasteiger partial charge in [-0.2, -0.15) is 4.99 Å². The number of ketones is 1. The van der Waals surface area contributed by atoms with Crippen molar-refractivity contribution in [1.29, 1.82) is 0 Å². The van der Waals surface area contributed by atoms with Crippen LogP contribution in [0.4, 0.5) is 4.79 Å². The van der Waals surface area contributed by atoms with Gasteiger partial charge in [0, 0.05) is 45.9 Å². The molecule has 0 unspecified atom stereocenters. The Morgan fingerprint density at radius 3 is 2.75 bits per heavy atom. The molecule has 0 saturated heterocycles. The van der Waals surface area contributed by atoms with E-state index in [2.05, 4.69) is 38.2 Å². The molecule has 7 nitrogen and oxygen atoms in total. The second-order valence-electron chi connectivity index (χ2n) is 6.47. The number of thioether (sulfide) groups is 1. The monoisotopic (exact) mass is 407 g/mol. The fraction of sp³-hybridized carbons (Fsp3) is 0.650. The average Bonchev–Trinajstić information content (AvgIpc) is 2.70. The van der Waals surface area contributed by atoms with Gasteiger partial charge in [0.25, 0.3) is 0 Å². The first-order chi connectivity index (χ1) is 13.5. The third kappa shape index (κ3) is 9.94. The summed E-state index contributed by atoms with van der Waals surface area (Å²) in [6.45, 7) is 8.76. The molecule has 1 rings (SSSR count). The van der Waals surface area contributed by atoms with Crippen molar-refractivity contribution in [2.75, 3.05) is 39.0 Å². The van der Waals surface area contributed by atoms with Crippen LogP contribution in [-0.2, 0) is 4.79 Å². The highest BCUT2D eigenvalue weighted by atomic mass is 32.2. The Morgan fingerprint density at radius 2 is 2.14 bits per heavy atom. The summed E-state index contributed by atoms with van der Waals surface area (Å²) in [7, 11) is 1.78. The van der Waals surface area contributed by atoms with E-state index in [0.29, 0.717) is 23.8 Å². The van der Waals surface area contributed by atoms with E-state index in [1.165, 1.54) is 17.3 Å². The highest BCUT2D eigenvalue weighted by Crippen LogP contribution is 2.13. The molecule has 0 aromatic carbocycles. The zero-order valence-corrected chi connectivity index (χ0v) is 18.3. The van der Waals surface area contributed by atoms with Crippen molar-refractivity contribution in [3.63, 3.8) is 0 Å². The molecule has 1 aliphatic heterocycles. The van der Waals surface area contributed by atoms with Gasteiger partial charge in [0.05, 0.1) is 10.8 Å². The van der Waals surface area contributed by atoms with Gasteiger partial charge in [0.15, 0.2) is 0 Å². The number of Topliss-reactive ketones (excluding diaryl/α,β-unsaturated/α-hetero) is 1. The summed E-state index contributed by atoms with van der Waals surface area (Å²) in [5, 5.41) is 3.42. The molecule has 1 aliphatic rings. The first kappa shape index (κ1) is 24.2. The third-order valence-corrected chi connectivity index (χ3v) is 5.20. The van der Waals surface area contributed by atoms with Crippen molar-refractivity contribution < 1.29 is 9.59 Å². The topological polar surface area (TPSA) is 86.5 Å². The second-order valence-corrected chi connectivity index (χ2v) is 7.64. The van der Waals surface area contributed by atoms with E-state index in [1.54, 1.807) is 14.0 Å². The Hall–Kier alpha value is -1.80. The number of urea groups is 1. The van der Waals surface area contributed by atoms with Crippen molar-refractivity contribution in [3.8, 4) is 0 Å². The fourth-order valence-electron chi connectivity index (χ4n) is 2.50. The zero-order valence-electron chi connectivity index (χ0n) is 17.5. The molecule has 1 N–H and O–H groups in total. The lowest BCUT2D eigenvalue weighted by molar-refractivity contribution is -0.116. The van der Waals surface area contributed by atoms with Gasteiger partial charge >= 0.3 is 6.03 Å². The Labute approximate surface area is 172 Å². The van der Waals surface area contributed by atoms with E-state index in [0.717, 1.165) is 44.7 Å². The summed E-state index contributed by atoms with van der Waals surface area (Å²) in [5.74, 6) is 1.35. The number of carbonyl (C=O) groups excluding carboxylic acids is 2. The van der Waals surface area contributed by atoms with Crippen molar-refractivity contribution in [2.24, 2.45) is 15.0 Å². The Balaban J connectivity index is 2.35. The van der Waals surface area contributed by atoms with Crippen molar-refractivity contribution in [2.45, 2.75) is 46.5 Å². The lowest BCUT2D eigenvalue weighted by atomic mass is 10.1. The first-order valence-electron chi connectivity index (χ1n) is 9.88. The van der Waals surface area contributed by atoms with Crippen LogP contribution >= 0.6 is 11.8 Å². The number of unbranched alkanes of at least 4 members (excludes halogenated alkanes) is 1. The third-order valence-electron chi connectivity index (χ3n) is 4.22. The van der Waals surface area contributed by atoms with E-state index < -0.39 is 0 Å². The molecule has 0 saturated carbocycles. The molecular formula is C20H33N5O2S. The molecule has 28 heavy (non-hydrogen) atoms. The Bertz CT molecular complexity index is 641. The normalized spacial score (nSPS) is 16.4. The van der Waals surface area contributed by atoms with Crippen LogP contribution in [0, 0.1) is 0 Å². The van der Waals surface area contributed by atoms with E-state index in [4.69, 9.17) is 0 Å². The molecule has 0 atom stereocenters. The van der Waals surface area contributed by atoms with E-state index in [-0.39, 0.29) is 11.8 Å². The maximum Gasteiger partial charge on any atom is 0.341 e. The molecule has 156 valence electrons. The maximum absolute atomic E-state index is 11.9. The summed E-state index contributed by atoms with van der Waals surface area (Å²) in [4.78, 5) is 38.2. The van der Waals surface area contributed by atoms with Crippen molar-refractivity contribution in [3.05, 3.63) is 11.6 Å². The van der Waals surface area contributed by atoms with Gasteiger partial charge in [0.1, 0.15) is 11.6 Å². The number of hydrogen-bond acceptors (Lipinski definition) is 5. The maximum atomic E-state index is 11.9. The van der Waals surface area contributed by atoms with Crippen LogP contribution in [0.15, 0.2) is 26.6 Å². The zero-order chi connectivity index (χ0) is 20.8. The highest BCUT2D eigenvalue weighted by molar-refractivity contribution is 8.14. The molecule has 0 radical (unpaired) electrons. The summed E-state index contributed by atoms with van der Waals surface area (Å²) in [6.07, 6.45) is 7.56. The SMILES string of the molecule is CCCC=NC(=NC)C1=CCN(CCNC(=O)/N=C(/C)SCC(=O)CC)CC1. The van der Waals surface area contributed by atoms with Crippen LogP contribution in [0.25, 0.3) is 0 Å². The largest absolute Gasteiger partial charge is 0.341 e. The number of aliphatic imine (C=N–C) groups is 3.